The summed E-state index contributed by atoms with van der Waals surface area (Å²) in [6.07, 6.45) is 0. The SMILES string of the molecule is FC(F)S(Cl)(I)O[P+](c1ccccc1)(c1ccccc1)c1ccccc1. The topological polar surface area (TPSA) is 9.23 Å². The highest BCUT2D eigenvalue weighted by Gasteiger charge is 2.54. The maximum absolute atomic E-state index is 13.7. The van der Waals surface area contributed by atoms with Crippen LogP contribution >= 0.6 is 46.1 Å². The van der Waals surface area contributed by atoms with Gasteiger partial charge in [0.2, 0.25) is 0 Å². The quantitative estimate of drug-likeness (QED) is 0.270. The lowest BCUT2D eigenvalue weighted by Crippen LogP contribution is -2.33. The molecule has 1 nitrogen and oxygen atoms in total. The highest BCUT2D eigenvalue weighted by atomic mass is 127. The van der Waals surface area contributed by atoms with Crippen LogP contribution in [0.4, 0.5) is 8.78 Å². The van der Waals surface area contributed by atoms with Crippen LogP contribution in [0, 0.1) is 0 Å². The molecule has 0 spiro atoms. The Morgan fingerprint density at radius 1 is 0.731 bits per heavy atom. The Hall–Kier alpha value is -0.720. The molecule has 0 amide bonds. The Kier molecular flexibility index (Phi) is 6.57. The summed E-state index contributed by atoms with van der Waals surface area (Å²) in [4.78, 5) is 0. The van der Waals surface area contributed by atoms with Crippen molar-refractivity contribution in [2.45, 2.75) is 5.76 Å². The molecule has 0 aliphatic rings. The minimum Gasteiger partial charge on any atom is -0.195 e. The summed E-state index contributed by atoms with van der Waals surface area (Å²) in [6, 6.07) is 28.5. The van der Waals surface area contributed by atoms with E-state index in [1.54, 1.807) is 21.2 Å². The van der Waals surface area contributed by atoms with Gasteiger partial charge in [0.25, 0.3) is 7.49 Å². The zero-order valence-corrected chi connectivity index (χ0v) is 18.1. The van der Waals surface area contributed by atoms with Crippen LogP contribution in [0.5, 0.6) is 0 Å². The zero-order valence-electron chi connectivity index (χ0n) is 13.5. The lowest BCUT2D eigenvalue weighted by molar-refractivity contribution is 0.243. The van der Waals surface area contributed by atoms with Crippen LogP contribution < -0.4 is 15.9 Å². The van der Waals surface area contributed by atoms with E-state index in [1.807, 2.05) is 91.0 Å². The zero-order chi connectivity index (χ0) is 18.6. The van der Waals surface area contributed by atoms with Gasteiger partial charge >= 0.3 is 5.76 Å². The standard InChI is InChI=1S/C19H16ClF2IOPS/c20-26(23,19(21)22)24-25(16-10-4-1-5-11-16,17-12-6-2-7-13-17)18-14-8-3-9-15-18/h1-15,19H/q+1. The highest BCUT2D eigenvalue weighted by Crippen LogP contribution is 2.77. The van der Waals surface area contributed by atoms with Crippen LogP contribution in [0.25, 0.3) is 0 Å². The second kappa shape index (κ2) is 8.53. The van der Waals surface area contributed by atoms with E-state index >= 15 is 0 Å². The fourth-order valence-electron chi connectivity index (χ4n) is 2.67. The van der Waals surface area contributed by atoms with Crippen molar-refractivity contribution >= 4 is 62.0 Å². The van der Waals surface area contributed by atoms with Gasteiger partial charge in [-0.25, -0.2) is 0 Å². The Morgan fingerprint density at radius 3 is 1.31 bits per heavy atom. The first-order valence-electron chi connectivity index (χ1n) is 7.73. The van der Waals surface area contributed by atoms with E-state index in [0.717, 1.165) is 15.9 Å². The average molecular weight is 524 g/mol. The summed E-state index contributed by atoms with van der Waals surface area (Å²) in [5, 5.41) is 2.56. The summed E-state index contributed by atoms with van der Waals surface area (Å²) in [5.41, 5.74) is 0. The first-order chi connectivity index (χ1) is 12.5. The second-order valence-electron chi connectivity index (χ2n) is 5.41. The van der Waals surface area contributed by atoms with E-state index in [0.29, 0.717) is 0 Å². The molecule has 0 heterocycles. The summed E-state index contributed by atoms with van der Waals surface area (Å²) in [5.74, 6) is -2.76. The van der Waals surface area contributed by atoms with E-state index in [2.05, 4.69) is 0 Å². The maximum atomic E-state index is 13.7. The van der Waals surface area contributed by atoms with Gasteiger partial charge in [-0.3, -0.25) is 0 Å². The molecule has 26 heavy (non-hydrogen) atoms. The van der Waals surface area contributed by atoms with Gasteiger partial charge in [0.15, 0.2) is 0 Å². The van der Waals surface area contributed by atoms with Crippen LogP contribution in [0.15, 0.2) is 91.0 Å². The number of hydrogen-bond acceptors (Lipinski definition) is 1. The van der Waals surface area contributed by atoms with Crippen LogP contribution in [-0.2, 0) is 3.97 Å². The van der Waals surface area contributed by atoms with Gasteiger partial charge < -0.3 is 0 Å². The fraction of sp³-hybridized carbons (Fsp3) is 0.0526. The molecule has 0 N–H and O–H groups in total. The number of alkyl halides is 2. The van der Waals surface area contributed by atoms with Crippen LogP contribution in [0.1, 0.15) is 0 Å². The van der Waals surface area contributed by atoms with Crippen molar-refractivity contribution < 1.29 is 12.8 Å². The Bertz CT molecular complexity index is 741. The molecule has 0 saturated heterocycles. The van der Waals surface area contributed by atoms with Crippen molar-refractivity contribution in [1.82, 2.24) is 0 Å². The molecule has 3 aromatic rings. The van der Waals surface area contributed by atoms with Crippen molar-refractivity contribution in [3.8, 4) is 0 Å². The van der Waals surface area contributed by atoms with Crippen molar-refractivity contribution in [3.63, 3.8) is 0 Å². The Labute approximate surface area is 170 Å². The molecular weight excluding hydrogens is 508 g/mol. The first-order valence-corrected chi connectivity index (χ1v) is 14.4. The third kappa shape index (κ3) is 4.07. The monoisotopic (exact) mass is 523 g/mol. The smallest absolute Gasteiger partial charge is 0.195 e. The molecule has 1 atom stereocenters. The van der Waals surface area contributed by atoms with Gasteiger partial charge in [0.05, 0.1) is 0 Å². The third-order valence-corrected chi connectivity index (χ3v) is 12.5. The molecule has 0 bridgehead atoms. The number of hydrogen-bond donors (Lipinski definition) is 0. The molecule has 0 aliphatic heterocycles. The molecule has 0 fully saturated rings. The Morgan fingerprint density at radius 2 is 1.04 bits per heavy atom. The van der Waals surface area contributed by atoms with Crippen molar-refractivity contribution in [2.24, 2.45) is 0 Å². The minimum absolute atomic E-state index is 0.854. The molecular formula is C19H16ClF2IOPS+. The van der Waals surface area contributed by atoms with Crippen LogP contribution in [0.2, 0.25) is 0 Å². The van der Waals surface area contributed by atoms with Crippen LogP contribution in [0.3, 0.4) is 0 Å². The van der Waals surface area contributed by atoms with E-state index in [1.165, 1.54) is 0 Å². The van der Waals surface area contributed by atoms with E-state index in [9.17, 15) is 8.78 Å². The van der Waals surface area contributed by atoms with Gasteiger partial charge in [0.1, 0.15) is 22.6 Å². The second-order valence-corrected chi connectivity index (χ2v) is 16.9. The summed E-state index contributed by atoms with van der Waals surface area (Å²) >= 11 is 1.58. The average Bonchev–Trinajstić information content (AvgIpc) is 2.68. The highest BCUT2D eigenvalue weighted by molar-refractivity contribution is 14.2. The lowest BCUT2D eigenvalue weighted by atomic mass is 10.4. The minimum atomic E-state index is -3.14. The predicted molar refractivity (Wildman–Crippen MR) is 120 cm³/mol. The third-order valence-electron chi connectivity index (χ3n) is 3.78. The molecule has 1 unspecified atom stereocenters. The molecule has 0 aromatic heterocycles. The van der Waals surface area contributed by atoms with E-state index in [4.69, 9.17) is 14.7 Å². The predicted octanol–water partition coefficient (Wildman–Crippen LogP) is 6.36. The number of rotatable bonds is 6. The molecule has 3 aromatic carbocycles. The normalized spacial score (nSPS) is 15.4. The van der Waals surface area contributed by atoms with Gasteiger partial charge in [0, 0.05) is 21.2 Å². The van der Waals surface area contributed by atoms with Gasteiger partial charge in [-0.15, -0.1) is 3.97 Å². The molecule has 3 rings (SSSR count). The van der Waals surface area contributed by atoms with Gasteiger partial charge in [-0.05, 0) is 47.1 Å². The van der Waals surface area contributed by atoms with E-state index < -0.39 is 19.9 Å². The largest absolute Gasteiger partial charge is 0.313 e. The summed E-state index contributed by atoms with van der Waals surface area (Å²) in [7, 11) is 3.42. The van der Waals surface area contributed by atoms with Crippen molar-refractivity contribution in [1.29, 1.82) is 0 Å². The maximum Gasteiger partial charge on any atom is 0.313 e. The number of halogens is 4. The molecule has 0 radical (unpaired) electrons. The molecule has 0 aliphatic carbocycles. The van der Waals surface area contributed by atoms with E-state index in [-0.39, 0.29) is 0 Å². The summed E-state index contributed by atoms with van der Waals surface area (Å²) in [6.45, 7) is -3.14. The first kappa shape index (κ1) is 20.0. The van der Waals surface area contributed by atoms with Crippen molar-refractivity contribution in [2.75, 3.05) is 0 Å². The molecule has 0 saturated carbocycles. The van der Waals surface area contributed by atoms with Crippen molar-refractivity contribution in [3.05, 3.63) is 91.0 Å². The molecule has 136 valence electrons. The van der Waals surface area contributed by atoms with Gasteiger partial charge in [-0.1, -0.05) is 54.6 Å². The summed E-state index contributed by atoms with van der Waals surface area (Å²) < 4.78 is 33.6. The van der Waals surface area contributed by atoms with Crippen LogP contribution in [-0.4, -0.2) is 5.76 Å². The molecule has 7 heteroatoms. The lowest BCUT2D eigenvalue weighted by Gasteiger charge is -2.32. The number of benzene rings is 3. The fourth-order valence-corrected chi connectivity index (χ4v) is 10.8. The van der Waals surface area contributed by atoms with Gasteiger partial charge in [-0.2, -0.15) is 8.78 Å². The Balaban J connectivity index is 2.32.